The molecule has 34 heavy (non-hydrogen) atoms. The van der Waals surface area contributed by atoms with Crippen molar-refractivity contribution in [3.05, 3.63) is 83.7 Å². The van der Waals surface area contributed by atoms with Gasteiger partial charge >= 0.3 is 0 Å². The number of hydrogen-bond acceptors (Lipinski definition) is 5. The molecule has 0 radical (unpaired) electrons. The summed E-state index contributed by atoms with van der Waals surface area (Å²) in [6.07, 6.45) is 0. The Kier molecular flexibility index (Phi) is 7.27. The van der Waals surface area contributed by atoms with Crippen LogP contribution in [0.1, 0.15) is 41.6 Å². The molecule has 1 unspecified atom stereocenters. The van der Waals surface area contributed by atoms with E-state index in [0.29, 0.717) is 23.1 Å². The zero-order valence-corrected chi connectivity index (χ0v) is 20.2. The van der Waals surface area contributed by atoms with Crippen molar-refractivity contribution in [2.24, 2.45) is 0 Å². The van der Waals surface area contributed by atoms with Crippen LogP contribution in [0.4, 0.5) is 5.69 Å². The van der Waals surface area contributed by atoms with E-state index in [1.807, 2.05) is 86.0 Å². The van der Waals surface area contributed by atoms with Gasteiger partial charge in [0.25, 0.3) is 5.91 Å². The summed E-state index contributed by atoms with van der Waals surface area (Å²) in [7, 11) is 0. The predicted molar refractivity (Wildman–Crippen MR) is 136 cm³/mol. The highest BCUT2D eigenvalue weighted by molar-refractivity contribution is 7.99. The lowest BCUT2D eigenvalue weighted by Crippen LogP contribution is -2.28. The largest absolute Gasteiger partial charge is 0.342 e. The minimum Gasteiger partial charge on any atom is -0.342 e. The predicted octanol–water partition coefficient (Wildman–Crippen LogP) is 4.98. The van der Waals surface area contributed by atoms with Gasteiger partial charge in [-0.15, -0.1) is 10.2 Å². The molecule has 1 heterocycles. The van der Waals surface area contributed by atoms with Gasteiger partial charge in [-0.2, -0.15) is 0 Å². The number of thioether (sulfide) groups is 1. The molecule has 1 aromatic heterocycles. The van der Waals surface area contributed by atoms with E-state index in [0.717, 1.165) is 22.0 Å². The van der Waals surface area contributed by atoms with E-state index in [-0.39, 0.29) is 23.6 Å². The molecule has 0 spiro atoms. The first-order valence-electron chi connectivity index (χ1n) is 11.2. The molecule has 174 valence electrons. The van der Waals surface area contributed by atoms with Crippen LogP contribution in [0.5, 0.6) is 0 Å². The Bertz CT molecular complexity index is 1330. The van der Waals surface area contributed by atoms with Crippen LogP contribution in [0.25, 0.3) is 10.8 Å². The maximum absolute atomic E-state index is 12.6. The maximum atomic E-state index is 12.6. The minimum absolute atomic E-state index is 0.117. The van der Waals surface area contributed by atoms with Crippen LogP contribution in [-0.4, -0.2) is 32.3 Å². The Morgan fingerprint density at radius 1 is 1.00 bits per heavy atom. The molecule has 0 bridgehead atoms. The Morgan fingerprint density at radius 2 is 1.79 bits per heavy atom. The summed E-state index contributed by atoms with van der Waals surface area (Å²) in [5.74, 6) is 0.578. The number of nitrogens with one attached hydrogen (secondary N) is 2. The number of fused-ring (bicyclic) bond motifs is 1. The van der Waals surface area contributed by atoms with E-state index in [4.69, 9.17) is 0 Å². The maximum Gasteiger partial charge on any atom is 0.251 e. The van der Waals surface area contributed by atoms with Crippen LogP contribution in [-0.2, 0) is 11.3 Å². The van der Waals surface area contributed by atoms with Crippen LogP contribution in [0, 0.1) is 6.92 Å². The zero-order chi connectivity index (χ0) is 24.1. The first-order valence-corrected chi connectivity index (χ1v) is 12.1. The lowest BCUT2D eigenvalue weighted by molar-refractivity contribution is -0.113. The fourth-order valence-corrected chi connectivity index (χ4v) is 4.56. The van der Waals surface area contributed by atoms with Crippen LogP contribution in [0.2, 0.25) is 0 Å². The molecule has 4 aromatic rings. The van der Waals surface area contributed by atoms with Gasteiger partial charge in [-0.25, -0.2) is 0 Å². The van der Waals surface area contributed by atoms with Gasteiger partial charge in [0.1, 0.15) is 0 Å². The summed E-state index contributed by atoms with van der Waals surface area (Å²) in [6.45, 7) is 6.45. The SMILES string of the molecule is CCn1c(SCC(=O)Nc2ccc3ccccc3c2)nnc1C(C)NC(=O)c1cccc(C)c1. The average Bonchev–Trinajstić information content (AvgIpc) is 3.26. The molecule has 1 atom stereocenters. The molecule has 2 N–H and O–H groups in total. The number of benzene rings is 3. The fourth-order valence-electron chi connectivity index (χ4n) is 3.75. The molecule has 0 saturated heterocycles. The Labute approximate surface area is 203 Å². The Morgan fingerprint density at radius 3 is 2.56 bits per heavy atom. The number of anilines is 1. The number of hydrogen-bond donors (Lipinski definition) is 2. The molecule has 3 aromatic carbocycles. The number of carbonyl (C=O) groups is 2. The topological polar surface area (TPSA) is 88.9 Å². The van der Waals surface area contributed by atoms with Crippen molar-refractivity contribution in [1.29, 1.82) is 0 Å². The standard InChI is InChI=1S/C26H27N5O2S/c1-4-31-24(18(3)27-25(33)21-11-7-8-17(2)14-21)29-30-26(31)34-16-23(32)28-22-13-12-19-9-5-6-10-20(19)15-22/h5-15,18H,4,16H2,1-3H3,(H,27,33)(H,28,32). The molecule has 4 rings (SSSR count). The van der Waals surface area contributed by atoms with E-state index in [9.17, 15) is 9.59 Å². The van der Waals surface area contributed by atoms with Crippen LogP contribution < -0.4 is 10.6 Å². The van der Waals surface area contributed by atoms with Crippen molar-refractivity contribution < 1.29 is 9.59 Å². The molecule has 7 nitrogen and oxygen atoms in total. The summed E-state index contributed by atoms with van der Waals surface area (Å²) in [5, 5.41) is 17.3. The fraction of sp³-hybridized carbons (Fsp3) is 0.231. The zero-order valence-electron chi connectivity index (χ0n) is 19.4. The van der Waals surface area contributed by atoms with Crippen LogP contribution in [0.15, 0.2) is 71.9 Å². The van der Waals surface area contributed by atoms with E-state index < -0.39 is 0 Å². The molecule has 0 saturated carbocycles. The Balaban J connectivity index is 1.38. The molecule has 8 heteroatoms. The van der Waals surface area contributed by atoms with Gasteiger partial charge in [0.2, 0.25) is 5.91 Å². The van der Waals surface area contributed by atoms with Crippen LogP contribution >= 0.6 is 11.8 Å². The van der Waals surface area contributed by atoms with Crippen molar-refractivity contribution >= 4 is 40.0 Å². The van der Waals surface area contributed by atoms with Gasteiger partial charge in [-0.3, -0.25) is 9.59 Å². The minimum atomic E-state index is -0.332. The second kappa shape index (κ2) is 10.5. The third kappa shape index (κ3) is 5.46. The van der Waals surface area contributed by atoms with Gasteiger partial charge in [-0.1, -0.05) is 59.8 Å². The lowest BCUT2D eigenvalue weighted by Gasteiger charge is -2.15. The number of amides is 2. The van der Waals surface area contributed by atoms with E-state index in [1.165, 1.54) is 11.8 Å². The lowest BCUT2D eigenvalue weighted by atomic mass is 10.1. The molecule has 0 aliphatic heterocycles. The van der Waals surface area contributed by atoms with E-state index >= 15 is 0 Å². The molecule has 0 aliphatic carbocycles. The van der Waals surface area contributed by atoms with Crippen molar-refractivity contribution in [2.45, 2.75) is 38.5 Å². The van der Waals surface area contributed by atoms with Gasteiger partial charge < -0.3 is 15.2 Å². The summed E-state index contributed by atoms with van der Waals surface area (Å²) < 4.78 is 1.93. The van der Waals surface area contributed by atoms with Gasteiger partial charge in [-0.05, 0) is 55.8 Å². The number of rotatable bonds is 8. The first kappa shape index (κ1) is 23.5. The van der Waals surface area contributed by atoms with Gasteiger partial charge in [0.05, 0.1) is 11.8 Å². The molecule has 0 fully saturated rings. The second-order valence-electron chi connectivity index (χ2n) is 8.05. The number of carbonyl (C=O) groups excluding carboxylic acids is 2. The third-order valence-corrected chi connectivity index (χ3v) is 6.41. The normalized spacial score (nSPS) is 11.9. The quantitative estimate of drug-likeness (QED) is 0.352. The third-order valence-electron chi connectivity index (χ3n) is 5.44. The van der Waals surface area contributed by atoms with Gasteiger partial charge in [0.15, 0.2) is 11.0 Å². The highest BCUT2D eigenvalue weighted by Gasteiger charge is 2.20. The van der Waals surface area contributed by atoms with Crippen molar-refractivity contribution in [3.63, 3.8) is 0 Å². The summed E-state index contributed by atoms with van der Waals surface area (Å²) in [5.41, 5.74) is 2.39. The summed E-state index contributed by atoms with van der Waals surface area (Å²) in [6, 6.07) is 21.0. The number of aryl methyl sites for hydroxylation is 1. The summed E-state index contributed by atoms with van der Waals surface area (Å²) in [4.78, 5) is 25.2. The second-order valence-corrected chi connectivity index (χ2v) is 8.99. The van der Waals surface area contributed by atoms with Crippen molar-refractivity contribution in [1.82, 2.24) is 20.1 Å². The Hall–Kier alpha value is -3.65. The summed E-state index contributed by atoms with van der Waals surface area (Å²) >= 11 is 1.32. The van der Waals surface area contributed by atoms with Gasteiger partial charge in [0, 0.05) is 17.8 Å². The number of aromatic nitrogens is 3. The monoisotopic (exact) mass is 473 g/mol. The molecule has 0 aliphatic rings. The smallest absolute Gasteiger partial charge is 0.251 e. The van der Waals surface area contributed by atoms with Crippen LogP contribution in [0.3, 0.4) is 0 Å². The average molecular weight is 474 g/mol. The van der Waals surface area contributed by atoms with E-state index in [2.05, 4.69) is 20.8 Å². The molecular formula is C26H27N5O2S. The first-order chi connectivity index (χ1) is 16.4. The van der Waals surface area contributed by atoms with Crippen molar-refractivity contribution in [2.75, 3.05) is 11.1 Å². The van der Waals surface area contributed by atoms with Crippen molar-refractivity contribution in [3.8, 4) is 0 Å². The highest BCUT2D eigenvalue weighted by atomic mass is 32.2. The highest BCUT2D eigenvalue weighted by Crippen LogP contribution is 2.22. The number of nitrogens with zero attached hydrogens (tertiary/aromatic N) is 3. The molecular weight excluding hydrogens is 446 g/mol. The molecule has 2 amide bonds. The van der Waals surface area contributed by atoms with E-state index in [1.54, 1.807) is 6.07 Å².